The van der Waals surface area contributed by atoms with E-state index in [9.17, 15) is 19.2 Å². The van der Waals surface area contributed by atoms with Gasteiger partial charge in [0.05, 0.1) is 22.3 Å². The van der Waals surface area contributed by atoms with Gasteiger partial charge < -0.3 is 9.47 Å². The lowest BCUT2D eigenvalue weighted by Crippen LogP contribution is -2.18. The molecule has 0 spiro atoms. The summed E-state index contributed by atoms with van der Waals surface area (Å²) in [5.41, 5.74) is 7.48. The van der Waals surface area contributed by atoms with Gasteiger partial charge in [-0.1, -0.05) is 74.5 Å². The summed E-state index contributed by atoms with van der Waals surface area (Å²) >= 11 is 0. The molecule has 2 aliphatic heterocycles. The third-order valence-electron chi connectivity index (χ3n) is 7.59. The molecule has 0 fully saturated rings. The summed E-state index contributed by atoms with van der Waals surface area (Å²) in [7, 11) is 0. The van der Waals surface area contributed by atoms with Crippen LogP contribution in [0.25, 0.3) is 0 Å². The number of carbonyl (C=O) groups excluding carboxylic acids is 4. The second-order valence-corrected chi connectivity index (χ2v) is 10.5. The molecule has 0 aromatic heterocycles. The fourth-order valence-electron chi connectivity index (χ4n) is 5.20. The van der Waals surface area contributed by atoms with Crippen molar-refractivity contribution in [1.82, 2.24) is 0 Å². The molecule has 0 N–H and O–H groups in total. The van der Waals surface area contributed by atoms with Crippen LogP contribution in [-0.2, 0) is 27.7 Å². The Bertz CT molecular complexity index is 1550. The minimum absolute atomic E-state index is 0.230. The van der Waals surface area contributed by atoms with Crippen LogP contribution in [-0.4, -0.2) is 23.9 Å². The molecule has 0 unspecified atom stereocenters. The summed E-state index contributed by atoms with van der Waals surface area (Å²) in [5, 5.41) is 0. The summed E-state index contributed by atoms with van der Waals surface area (Å²) in [5.74, 6) is -2.36. The summed E-state index contributed by atoms with van der Waals surface area (Å²) in [6.07, 6.45) is 1.28. The van der Waals surface area contributed by atoms with Crippen molar-refractivity contribution in [2.45, 2.75) is 32.1 Å². The second kappa shape index (κ2) is 9.17. The molecule has 0 aliphatic carbocycles. The van der Waals surface area contributed by atoms with Crippen LogP contribution < -0.4 is 0 Å². The fourth-order valence-corrected chi connectivity index (χ4v) is 5.20. The Hall–Kier alpha value is -4.84. The first kappa shape index (κ1) is 24.5. The van der Waals surface area contributed by atoms with E-state index in [-0.39, 0.29) is 5.41 Å². The number of hydrogen-bond acceptors (Lipinski definition) is 6. The van der Waals surface area contributed by atoms with E-state index in [1.807, 2.05) is 12.1 Å². The van der Waals surface area contributed by atoms with Gasteiger partial charge in [-0.2, -0.15) is 0 Å². The number of rotatable bonds is 6. The number of ether oxygens (including phenoxy) is 2. The Morgan fingerprint density at radius 2 is 0.795 bits per heavy atom. The smallest absolute Gasteiger partial charge is 0.346 e. The monoisotopic (exact) mass is 516 g/mol. The van der Waals surface area contributed by atoms with Crippen molar-refractivity contribution >= 4 is 23.9 Å². The minimum Gasteiger partial charge on any atom is -0.386 e. The lowest BCUT2D eigenvalue weighted by molar-refractivity contribution is 0.0425. The highest BCUT2D eigenvalue weighted by molar-refractivity contribution is 6.15. The largest absolute Gasteiger partial charge is 0.386 e. The molecule has 0 saturated carbocycles. The summed E-state index contributed by atoms with van der Waals surface area (Å²) in [6.45, 7) is 4.37. The SMILES string of the molecule is CC(C)(c1ccc(Cc2ccc3c(c2)C(=O)OC3=O)cc1)c1ccc(Cc2ccc3c(c2)C(=O)OC3=O)cc1. The van der Waals surface area contributed by atoms with Crippen molar-refractivity contribution < 1.29 is 28.7 Å². The molecule has 0 bridgehead atoms. The van der Waals surface area contributed by atoms with Crippen molar-refractivity contribution in [3.05, 3.63) is 141 Å². The summed E-state index contributed by atoms with van der Waals surface area (Å²) in [4.78, 5) is 47.1. The van der Waals surface area contributed by atoms with Crippen molar-refractivity contribution in [3.8, 4) is 0 Å². The Labute approximate surface area is 225 Å². The summed E-state index contributed by atoms with van der Waals surface area (Å²) in [6, 6.07) is 27.3. The lowest BCUT2D eigenvalue weighted by atomic mass is 9.77. The zero-order valence-corrected chi connectivity index (χ0v) is 21.4. The zero-order chi connectivity index (χ0) is 27.3. The van der Waals surface area contributed by atoms with Crippen LogP contribution in [0, 0.1) is 0 Å². The molecule has 0 amide bonds. The maximum atomic E-state index is 11.9. The van der Waals surface area contributed by atoms with Gasteiger partial charge in [0.2, 0.25) is 0 Å². The molecule has 192 valence electrons. The van der Waals surface area contributed by atoms with E-state index in [2.05, 4.69) is 71.9 Å². The average molecular weight is 517 g/mol. The molecule has 39 heavy (non-hydrogen) atoms. The van der Waals surface area contributed by atoms with Gasteiger partial charge in [-0.05, 0) is 70.5 Å². The van der Waals surface area contributed by atoms with Gasteiger partial charge in [-0.25, -0.2) is 19.2 Å². The average Bonchev–Trinajstić information content (AvgIpc) is 3.37. The van der Waals surface area contributed by atoms with Crippen molar-refractivity contribution in [1.29, 1.82) is 0 Å². The number of benzene rings is 4. The zero-order valence-electron chi connectivity index (χ0n) is 21.4. The third-order valence-corrected chi connectivity index (χ3v) is 7.59. The molecule has 6 heteroatoms. The van der Waals surface area contributed by atoms with Gasteiger partial charge in [0.15, 0.2) is 0 Å². The molecular weight excluding hydrogens is 492 g/mol. The highest BCUT2D eigenvalue weighted by Crippen LogP contribution is 2.33. The number of carbonyl (C=O) groups is 4. The Morgan fingerprint density at radius 1 is 0.462 bits per heavy atom. The van der Waals surface area contributed by atoms with Gasteiger partial charge in [0, 0.05) is 5.41 Å². The van der Waals surface area contributed by atoms with E-state index in [1.54, 1.807) is 24.3 Å². The van der Waals surface area contributed by atoms with Crippen molar-refractivity contribution in [2.75, 3.05) is 0 Å². The highest BCUT2D eigenvalue weighted by Gasteiger charge is 2.30. The van der Waals surface area contributed by atoms with Crippen LogP contribution in [0.15, 0.2) is 84.9 Å². The quantitative estimate of drug-likeness (QED) is 0.237. The Kier molecular flexibility index (Phi) is 5.76. The number of cyclic esters (lactones) is 4. The number of esters is 4. The highest BCUT2D eigenvalue weighted by atomic mass is 16.6. The van der Waals surface area contributed by atoms with Gasteiger partial charge >= 0.3 is 23.9 Å². The van der Waals surface area contributed by atoms with E-state index in [1.165, 1.54) is 11.1 Å². The second-order valence-electron chi connectivity index (χ2n) is 10.5. The predicted octanol–water partition coefficient (Wildman–Crippen LogP) is 5.82. The normalized spacial score (nSPS) is 14.2. The lowest BCUT2D eigenvalue weighted by Gasteiger charge is -2.26. The van der Waals surface area contributed by atoms with Crippen LogP contribution in [0.2, 0.25) is 0 Å². The van der Waals surface area contributed by atoms with Crippen molar-refractivity contribution in [2.24, 2.45) is 0 Å². The Balaban J connectivity index is 1.15. The standard InChI is InChI=1S/C33H24O6/c1-33(2,23-9-3-19(4-10-23)15-21-7-13-25-27(17-21)31(36)38-29(25)34)24-11-5-20(6-12-24)16-22-8-14-26-28(18-22)32(37)39-30(26)35/h3-14,17-18H,15-16H2,1-2H3. The van der Waals surface area contributed by atoms with E-state index < -0.39 is 23.9 Å². The fraction of sp³-hybridized carbons (Fsp3) is 0.152. The molecule has 0 radical (unpaired) electrons. The number of fused-ring (bicyclic) bond motifs is 2. The third kappa shape index (κ3) is 4.44. The molecule has 2 heterocycles. The van der Waals surface area contributed by atoms with Crippen LogP contribution in [0.4, 0.5) is 0 Å². The molecule has 0 saturated heterocycles. The Morgan fingerprint density at radius 3 is 1.18 bits per heavy atom. The van der Waals surface area contributed by atoms with Gasteiger partial charge in [-0.3, -0.25) is 0 Å². The first-order valence-corrected chi connectivity index (χ1v) is 12.7. The van der Waals surface area contributed by atoms with Gasteiger partial charge in [0.25, 0.3) is 0 Å². The van der Waals surface area contributed by atoms with Crippen LogP contribution in [0.1, 0.15) is 88.7 Å². The van der Waals surface area contributed by atoms with Crippen LogP contribution in [0.3, 0.4) is 0 Å². The molecule has 4 aromatic carbocycles. The minimum atomic E-state index is -0.589. The van der Waals surface area contributed by atoms with Gasteiger partial charge in [0.1, 0.15) is 0 Å². The van der Waals surface area contributed by atoms with E-state index in [0.29, 0.717) is 35.1 Å². The molecule has 0 atom stereocenters. The first-order valence-electron chi connectivity index (χ1n) is 12.7. The van der Waals surface area contributed by atoms with Crippen molar-refractivity contribution in [3.63, 3.8) is 0 Å². The van der Waals surface area contributed by atoms with E-state index in [4.69, 9.17) is 0 Å². The molecular formula is C33H24O6. The van der Waals surface area contributed by atoms with E-state index >= 15 is 0 Å². The maximum absolute atomic E-state index is 11.9. The van der Waals surface area contributed by atoms with Crippen LogP contribution >= 0.6 is 0 Å². The van der Waals surface area contributed by atoms with Gasteiger partial charge in [-0.15, -0.1) is 0 Å². The van der Waals surface area contributed by atoms with E-state index in [0.717, 1.165) is 22.3 Å². The molecule has 6 rings (SSSR count). The van der Waals surface area contributed by atoms with Crippen LogP contribution in [0.5, 0.6) is 0 Å². The topological polar surface area (TPSA) is 86.7 Å². The summed E-state index contributed by atoms with van der Waals surface area (Å²) < 4.78 is 9.37. The molecule has 4 aromatic rings. The molecule has 6 nitrogen and oxygen atoms in total. The predicted molar refractivity (Wildman–Crippen MR) is 143 cm³/mol. The first-order chi connectivity index (χ1) is 18.7. The number of hydrogen-bond donors (Lipinski definition) is 0. The maximum Gasteiger partial charge on any atom is 0.346 e. The molecule has 2 aliphatic rings.